The summed E-state index contributed by atoms with van der Waals surface area (Å²) in [5, 5.41) is 0. The monoisotopic (exact) mass is 283 g/mol. The van der Waals surface area contributed by atoms with Gasteiger partial charge in [-0.2, -0.15) is 0 Å². The van der Waals surface area contributed by atoms with Gasteiger partial charge in [0.2, 0.25) is 0 Å². The first-order chi connectivity index (χ1) is 7.63. The number of nitrogen functional groups attached to an aromatic ring is 1. The molecule has 0 atom stereocenters. The van der Waals surface area contributed by atoms with Crippen molar-refractivity contribution in [3.63, 3.8) is 0 Å². The molecule has 5 nitrogen and oxygen atoms in total. The predicted molar refractivity (Wildman–Crippen MR) is 63.3 cm³/mol. The minimum absolute atomic E-state index is 0.153. The molecule has 0 aliphatic heterocycles. The van der Waals surface area contributed by atoms with E-state index in [2.05, 4.69) is 20.9 Å². The molecule has 0 unspecified atom stereocenters. The summed E-state index contributed by atoms with van der Waals surface area (Å²) < 4.78 is 7.36. The zero-order valence-electron chi connectivity index (χ0n) is 8.61. The van der Waals surface area contributed by atoms with Crippen LogP contribution in [0.15, 0.2) is 22.8 Å². The number of carbonyl (C=O) groups is 1. The molecule has 0 spiro atoms. The van der Waals surface area contributed by atoms with Gasteiger partial charge in [0.15, 0.2) is 5.69 Å². The van der Waals surface area contributed by atoms with E-state index in [1.165, 1.54) is 0 Å². The van der Waals surface area contributed by atoms with Crippen LogP contribution in [0.3, 0.4) is 0 Å². The fourth-order valence-electron chi connectivity index (χ4n) is 1.39. The number of aromatic nitrogens is 2. The van der Waals surface area contributed by atoms with Gasteiger partial charge in [0.25, 0.3) is 0 Å². The summed E-state index contributed by atoms with van der Waals surface area (Å²) in [6, 6.07) is 3.60. The van der Waals surface area contributed by atoms with E-state index in [0.29, 0.717) is 12.3 Å². The standard InChI is InChI=1S/C10H10BrN3O2/c1-2-16-10(15)8-9(12)14-5-6(11)3-4-7(14)13-8/h3-5H,2,12H2,1H3. The minimum atomic E-state index is -0.500. The zero-order valence-corrected chi connectivity index (χ0v) is 10.2. The highest BCUT2D eigenvalue weighted by Crippen LogP contribution is 2.19. The smallest absolute Gasteiger partial charge is 0.360 e. The van der Waals surface area contributed by atoms with Crippen LogP contribution in [0.2, 0.25) is 0 Å². The maximum Gasteiger partial charge on any atom is 0.360 e. The summed E-state index contributed by atoms with van der Waals surface area (Å²) in [4.78, 5) is 15.6. The van der Waals surface area contributed by atoms with Crippen molar-refractivity contribution in [3.8, 4) is 0 Å². The van der Waals surface area contributed by atoms with Gasteiger partial charge in [-0.3, -0.25) is 4.40 Å². The number of ether oxygens (including phenoxy) is 1. The second kappa shape index (κ2) is 4.13. The lowest BCUT2D eigenvalue weighted by molar-refractivity contribution is 0.0521. The number of hydrogen-bond donors (Lipinski definition) is 1. The Labute approximate surface area is 100 Å². The van der Waals surface area contributed by atoms with E-state index in [0.717, 1.165) is 4.47 Å². The molecule has 0 aliphatic carbocycles. The number of imidazole rings is 1. The lowest BCUT2D eigenvalue weighted by Gasteiger charge is -1.99. The Kier molecular flexibility index (Phi) is 2.82. The SMILES string of the molecule is CCOC(=O)c1nc2ccc(Br)cn2c1N. The molecule has 2 aromatic rings. The topological polar surface area (TPSA) is 69.6 Å². The first-order valence-electron chi connectivity index (χ1n) is 4.73. The second-order valence-corrected chi connectivity index (χ2v) is 4.06. The van der Waals surface area contributed by atoms with Crippen LogP contribution in [-0.4, -0.2) is 22.0 Å². The molecule has 0 saturated carbocycles. The number of hydrogen-bond acceptors (Lipinski definition) is 4. The lowest BCUT2D eigenvalue weighted by Crippen LogP contribution is -2.08. The van der Waals surface area contributed by atoms with Crippen molar-refractivity contribution in [1.29, 1.82) is 0 Å². The van der Waals surface area contributed by atoms with E-state index in [1.54, 1.807) is 23.6 Å². The highest BCUT2D eigenvalue weighted by Gasteiger charge is 2.17. The Morgan fingerprint density at radius 1 is 1.62 bits per heavy atom. The Morgan fingerprint density at radius 2 is 2.38 bits per heavy atom. The van der Waals surface area contributed by atoms with Crippen molar-refractivity contribution in [1.82, 2.24) is 9.38 Å². The van der Waals surface area contributed by atoms with Gasteiger partial charge < -0.3 is 10.5 Å². The van der Waals surface area contributed by atoms with E-state index in [4.69, 9.17) is 10.5 Å². The van der Waals surface area contributed by atoms with Gasteiger partial charge in [0.1, 0.15) is 11.5 Å². The van der Waals surface area contributed by atoms with Gasteiger partial charge in [0.05, 0.1) is 6.61 Å². The fourth-order valence-corrected chi connectivity index (χ4v) is 1.72. The number of rotatable bonds is 2. The van der Waals surface area contributed by atoms with E-state index in [1.807, 2.05) is 6.07 Å². The first kappa shape index (κ1) is 10.9. The van der Waals surface area contributed by atoms with Crippen molar-refractivity contribution >= 4 is 33.4 Å². The van der Waals surface area contributed by atoms with Crippen molar-refractivity contribution in [2.45, 2.75) is 6.92 Å². The van der Waals surface area contributed by atoms with E-state index in [-0.39, 0.29) is 11.5 Å². The molecule has 16 heavy (non-hydrogen) atoms. The first-order valence-corrected chi connectivity index (χ1v) is 5.53. The third-order valence-electron chi connectivity index (χ3n) is 2.09. The fraction of sp³-hybridized carbons (Fsp3) is 0.200. The van der Waals surface area contributed by atoms with Crippen LogP contribution < -0.4 is 5.73 Å². The molecular weight excluding hydrogens is 274 g/mol. The molecule has 0 fully saturated rings. The third-order valence-corrected chi connectivity index (χ3v) is 2.56. The number of anilines is 1. The summed E-state index contributed by atoms with van der Waals surface area (Å²) in [7, 11) is 0. The molecule has 2 aromatic heterocycles. The second-order valence-electron chi connectivity index (χ2n) is 3.14. The van der Waals surface area contributed by atoms with E-state index in [9.17, 15) is 4.79 Å². The van der Waals surface area contributed by atoms with Gasteiger partial charge in [-0.1, -0.05) is 0 Å². The maximum atomic E-state index is 11.5. The molecule has 0 saturated heterocycles. The summed E-state index contributed by atoms with van der Waals surface area (Å²) in [6.07, 6.45) is 1.75. The summed E-state index contributed by atoms with van der Waals surface area (Å²) in [5.74, 6) is -0.213. The molecule has 0 amide bonds. The molecule has 2 N–H and O–H groups in total. The quantitative estimate of drug-likeness (QED) is 0.854. The molecular formula is C10H10BrN3O2. The molecule has 2 rings (SSSR count). The van der Waals surface area contributed by atoms with Crippen LogP contribution in [-0.2, 0) is 4.74 Å². The normalized spacial score (nSPS) is 10.6. The van der Waals surface area contributed by atoms with Gasteiger partial charge in [0, 0.05) is 10.7 Å². The maximum absolute atomic E-state index is 11.5. The van der Waals surface area contributed by atoms with E-state index < -0.39 is 5.97 Å². The van der Waals surface area contributed by atoms with Crippen LogP contribution in [0, 0.1) is 0 Å². The molecule has 0 bridgehead atoms. The zero-order chi connectivity index (χ0) is 11.7. The number of nitrogens with two attached hydrogens (primary N) is 1. The average molecular weight is 284 g/mol. The van der Waals surface area contributed by atoms with Crippen LogP contribution in [0.4, 0.5) is 5.82 Å². The van der Waals surface area contributed by atoms with Crippen LogP contribution in [0.25, 0.3) is 5.65 Å². The number of nitrogens with zero attached hydrogens (tertiary/aromatic N) is 2. The number of esters is 1. The molecule has 6 heteroatoms. The molecule has 0 radical (unpaired) electrons. The third kappa shape index (κ3) is 1.76. The number of carbonyl (C=O) groups excluding carboxylic acids is 1. The summed E-state index contributed by atoms with van der Waals surface area (Å²) >= 11 is 3.32. The Balaban J connectivity index is 2.56. The number of pyridine rings is 1. The lowest BCUT2D eigenvalue weighted by atomic mass is 10.4. The Bertz CT molecular complexity index is 550. The highest BCUT2D eigenvalue weighted by molar-refractivity contribution is 9.10. The van der Waals surface area contributed by atoms with Gasteiger partial charge in [-0.05, 0) is 35.0 Å². The molecule has 0 aromatic carbocycles. The summed E-state index contributed by atoms with van der Waals surface area (Å²) in [5.41, 5.74) is 6.59. The highest BCUT2D eigenvalue weighted by atomic mass is 79.9. The van der Waals surface area contributed by atoms with Crippen LogP contribution in [0.1, 0.15) is 17.4 Å². The number of fused-ring (bicyclic) bond motifs is 1. The Hall–Kier alpha value is -1.56. The van der Waals surface area contributed by atoms with Crippen molar-refractivity contribution in [2.75, 3.05) is 12.3 Å². The largest absolute Gasteiger partial charge is 0.461 e. The van der Waals surface area contributed by atoms with Gasteiger partial charge in [-0.15, -0.1) is 0 Å². The van der Waals surface area contributed by atoms with Gasteiger partial charge >= 0.3 is 5.97 Å². The predicted octanol–water partition coefficient (Wildman–Crippen LogP) is 1.86. The molecule has 2 heterocycles. The van der Waals surface area contributed by atoms with Gasteiger partial charge in [-0.25, -0.2) is 9.78 Å². The van der Waals surface area contributed by atoms with Crippen molar-refractivity contribution in [2.24, 2.45) is 0 Å². The number of halogens is 1. The minimum Gasteiger partial charge on any atom is -0.461 e. The van der Waals surface area contributed by atoms with Crippen LogP contribution >= 0.6 is 15.9 Å². The van der Waals surface area contributed by atoms with Crippen LogP contribution in [0.5, 0.6) is 0 Å². The van der Waals surface area contributed by atoms with E-state index >= 15 is 0 Å². The Morgan fingerprint density at radius 3 is 3.06 bits per heavy atom. The molecule has 84 valence electrons. The average Bonchev–Trinajstić information content (AvgIpc) is 2.57. The molecule has 0 aliphatic rings. The summed E-state index contributed by atoms with van der Waals surface area (Å²) in [6.45, 7) is 2.04. The van der Waals surface area contributed by atoms with Crippen molar-refractivity contribution in [3.05, 3.63) is 28.5 Å². The van der Waals surface area contributed by atoms with Crippen molar-refractivity contribution < 1.29 is 9.53 Å².